The molecule has 0 aromatic rings. The SMILES string of the molecule is C=C(N=C/C=C\C)C(/C=C\C(C)CC(C)C(=C)CC)=C/CCC. The van der Waals surface area contributed by atoms with Gasteiger partial charge in [0.15, 0.2) is 0 Å². The molecule has 128 valence electrons. The van der Waals surface area contributed by atoms with Crippen LogP contribution < -0.4 is 0 Å². The first-order chi connectivity index (χ1) is 11.0. The van der Waals surface area contributed by atoms with Gasteiger partial charge in [0.1, 0.15) is 0 Å². The first kappa shape index (κ1) is 21.4. The van der Waals surface area contributed by atoms with Crippen LogP contribution >= 0.6 is 0 Å². The van der Waals surface area contributed by atoms with Crippen LogP contribution in [0.15, 0.2) is 65.4 Å². The summed E-state index contributed by atoms with van der Waals surface area (Å²) in [6.07, 6.45) is 16.8. The maximum Gasteiger partial charge on any atom is 0.0626 e. The molecular formula is C22H35N. The molecule has 0 saturated carbocycles. The van der Waals surface area contributed by atoms with Gasteiger partial charge in [-0.1, -0.05) is 77.2 Å². The van der Waals surface area contributed by atoms with E-state index in [0.29, 0.717) is 11.8 Å². The van der Waals surface area contributed by atoms with E-state index in [0.717, 1.165) is 37.0 Å². The predicted molar refractivity (Wildman–Crippen MR) is 107 cm³/mol. The standard InChI is InChI=1S/C22H35N/c1-8-11-13-22(21(7)23-16-12-9-2)15-14-18(4)17-20(6)19(5)10-3/h9,12-16,18,20H,5,7-8,10-11,17H2,1-4,6H3/b12-9-,15-14-,22-13+,23-16?. The minimum absolute atomic E-state index is 0.519. The van der Waals surface area contributed by atoms with E-state index in [1.54, 1.807) is 6.21 Å². The Morgan fingerprint density at radius 3 is 2.43 bits per heavy atom. The zero-order valence-electron chi connectivity index (χ0n) is 15.8. The second-order valence-corrected chi connectivity index (χ2v) is 6.18. The third-order valence-electron chi connectivity index (χ3n) is 3.98. The molecule has 0 spiro atoms. The van der Waals surface area contributed by atoms with E-state index in [2.05, 4.69) is 64.1 Å². The minimum atomic E-state index is 0.519. The fourth-order valence-electron chi connectivity index (χ4n) is 2.29. The van der Waals surface area contributed by atoms with Gasteiger partial charge < -0.3 is 0 Å². The van der Waals surface area contributed by atoms with Gasteiger partial charge in [0, 0.05) is 6.21 Å². The van der Waals surface area contributed by atoms with Crippen LogP contribution in [-0.4, -0.2) is 6.21 Å². The fourth-order valence-corrected chi connectivity index (χ4v) is 2.29. The van der Waals surface area contributed by atoms with Gasteiger partial charge in [0.25, 0.3) is 0 Å². The van der Waals surface area contributed by atoms with Crippen LogP contribution in [0.3, 0.4) is 0 Å². The maximum absolute atomic E-state index is 4.41. The lowest BCUT2D eigenvalue weighted by atomic mass is 9.90. The lowest BCUT2D eigenvalue weighted by Crippen LogP contribution is -2.03. The highest BCUT2D eigenvalue weighted by Gasteiger charge is 2.08. The number of hydrogen-bond donors (Lipinski definition) is 0. The van der Waals surface area contributed by atoms with Crippen LogP contribution in [0.25, 0.3) is 0 Å². The summed E-state index contributed by atoms with van der Waals surface area (Å²) in [6.45, 7) is 19.1. The van der Waals surface area contributed by atoms with E-state index in [1.807, 2.05) is 19.1 Å². The quantitative estimate of drug-likeness (QED) is 0.220. The molecule has 0 aromatic heterocycles. The van der Waals surface area contributed by atoms with Crippen molar-refractivity contribution >= 4 is 6.21 Å². The highest BCUT2D eigenvalue weighted by atomic mass is 14.7. The molecule has 0 N–H and O–H groups in total. The number of rotatable bonds is 11. The Hall–Kier alpha value is -1.63. The van der Waals surface area contributed by atoms with E-state index in [-0.39, 0.29) is 0 Å². The molecule has 0 fully saturated rings. The summed E-state index contributed by atoms with van der Waals surface area (Å²) in [5.74, 6) is 1.09. The molecule has 0 aliphatic heterocycles. The average Bonchev–Trinajstić information content (AvgIpc) is 2.54. The Morgan fingerprint density at radius 1 is 1.17 bits per heavy atom. The van der Waals surface area contributed by atoms with Crippen LogP contribution in [-0.2, 0) is 0 Å². The molecule has 0 heterocycles. The summed E-state index contributed by atoms with van der Waals surface area (Å²) >= 11 is 0. The van der Waals surface area contributed by atoms with Crippen molar-refractivity contribution in [2.24, 2.45) is 16.8 Å². The van der Waals surface area contributed by atoms with Gasteiger partial charge in [-0.2, -0.15) is 0 Å². The molecule has 0 aromatic carbocycles. The summed E-state index contributed by atoms with van der Waals surface area (Å²) in [5.41, 5.74) is 3.29. The Bertz CT molecular complexity index is 474. The fraction of sp³-hybridized carbons (Fsp3) is 0.500. The third kappa shape index (κ3) is 9.89. The second-order valence-electron chi connectivity index (χ2n) is 6.18. The Kier molecular flexibility index (Phi) is 12.0. The van der Waals surface area contributed by atoms with Crippen LogP contribution in [0.2, 0.25) is 0 Å². The van der Waals surface area contributed by atoms with Gasteiger partial charge in [-0.3, -0.25) is 4.99 Å². The van der Waals surface area contributed by atoms with E-state index in [1.165, 1.54) is 5.57 Å². The van der Waals surface area contributed by atoms with Crippen molar-refractivity contribution in [1.29, 1.82) is 0 Å². The Labute approximate surface area is 144 Å². The number of aliphatic imine (C=N–C) groups is 1. The van der Waals surface area contributed by atoms with E-state index in [9.17, 15) is 0 Å². The highest BCUT2D eigenvalue weighted by Crippen LogP contribution is 2.22. The molecule has 0 bridgehead atoms. The van der Waals surface area contributed by atoms with E-state index >= 15 is 0 Å². The summed E-state index contributed by atoms with van der Waals surface area (Å²) in [5, 5.41) is 0. The lowest BCUT2D eigenvalue weighted by molar-refractivity contribution is 0.514. The molecule has 0 aliphatic carbocycles. The van der Waals surface area contributed by atoms with Crippen molar-refractivity contribution in [2.45, 2.75) is 60.3 Å². The number of unbranched alkanes of at least 4 members (excludes halogenated alkanes) is 1. The Morgan fingerprint density at radius 2 is 1.87 bits per heavy atom. The van der Waals surface area contributed by atoms with E-state index < -0.39 is 0 Å². The monoisotopic (exact) mass is 313 g/mol. The number of allylic oxidation sites excluding steroid dienone is 6. The van der Waals surface area contributed by atoms with Gasteiger partial charge in [-0.05, 0) is 49.7 Å². The van der Waals surface area contributed by atoms with Crippen molar-refractivity contribution in [3.63, 3.8) is 0 Å². The zero-order valence-corrected chi connectivity index (χ0v) is 15.8. The van der Waals surface area contributed by atoms with Crippen molar-refractivity contribution in [3.8, 4) is 0 Å². The van der Waals surface area contributed by atoms with Crippen molar-refractivity contribution in [2.75, 3.05) is 0 Å². The summed E-state index contributed by atoms with van der Waals surface area (Å²) in [6, 6.07) is 0. The van der Waals surface area contributed by atoms with E-state index in [4.69, 9.17) is 0 Å². The van der Waals surface area contributed by atoms with Crippen molar-refractivity contribution in [1.82, 2.24) is 0 Å². The smallest absolute Gasteiger partial charge is 0.0626 e. The van der Waals surface area contributed by atoms with Gasteiger partial charge in [0.2, 0.25) is 0 Å². The van der Waals surface area contributed by atoms with Gasteiger partial charge in [-0.25, -0.2) is 0 Å². The van der Waals surface area contributed by atoms with Gasteiger partial charge >= 0.3 is 0 Å². The topological polar surface area (TPSA) is 12.4 Å². The van der Waals surface area contributed by atoms with Crippen LogP contribution in [0.4, 0.5) is 0 Å². The molecule has 0 aliphatic rings. The molecule has 0 rings (SSSR count). The van der Waals surface area contributed by atoms with Gasteiger partial charge in [-0.15, -0.1) is 0 Å². The first-order valence-corrected chi connectivity index (χ1v) is 8.86. The summed E-state index contributed by atoms with van der Waals surface area (Å²) < 4.78 is 0. The maximum atomic E-state index is 4.41. The largest absolute Gasteiger partial charge is 0.257 e. The lowest BCUT2D eigenvalue weighted by Gasteiger charge is -2.16. The van der Waals surface area contributed by atoms with Crippen LogP contribution in [0, 0.1) is 11.8 Å². The molecular weight excluding hydrogens is 278 g/mol. The number of nitrogens with zero attached hydrogens (tertiary/aromatic N) is 1. The molecule has 1 heteroatoms. The third-order valence-corrected chi connectivity index (χ3v) is 3.98. The molecule has 0 radical (unpaired) electrons. The zero-order chi connectivity index (χ0) is 17.7. The normalized spacial score (nSPS) is 15.6. The van der Waals surface area contributed by atoms with Crippen molar-refractivity contribution < 1.29 is 0 Å². The second kappa shape index (κ2) is 12.9. The predicted octanol–water partition coefficient (Wildman–Crippen LogP) is 7.06. The molecule has 2 atom stereocenters. The molecule has 2 unspecified atom stereocenters. The molecule has 0 amide bonds. The van der Waals surface area contributed by atoms with Crippen LogP contribution in [0.1, 0.15) is 60.3 Å². The first-order valence-electron chi connectivity index (χ1n) is 8.86. The highest BCUT2D eigenvalue weighted by molar-refractivity contribution is 5.72. The summed E-state index contributed by atoms with van der Waals surface area (Å²) in [4.78, 5) is 4.41. The molecule has 23 heavy (non-hydrogen) atoms. The molecule has 1 nitrogen and oxygen atoms in total. The summed E-state index contributed by atoms with van der Waals surface area (Å²) in [7, 11) is 0. The van der Waals surface area contributed by atoms with Crippen LogP contribution in [0.5, 0.6) is 0 Å². The molecule has 0 saturated heterocycles. The number of hydrogen-bond acceptors (Lipinski definition) is 1. The van der Waals surface area contributed by atoms with Gasteiger partial charge in [0.05, 0.1) is 5.70 Å². The van der Waals surface area contributed by atoms with Crippen molar-refractivity contribution in [3.05, 3.63) is 60.4 Å². The minimum Gasteiger partial charge on any atom is -0.257 e. The Balaban J connectivity index is 4.88. The average molecular weight is 314 g/mol.